The number of benzene rings is 2. The van der Waals surface area contributed by atoms with E-state index in [0.717, 1.165) is 37.6 Å². The lowest BCUT2D eigenvalue weighted by Gasteiger charge is -2.35. The van der Waals surface area contributed by atoms with Crippen LogP contribution in [-0.2, 0) is 14.4 Å². The SMILES string of the molecule is COc1ccc(N2CCN(CC(=O)Nc3ccc(C)c(C)c3)CC2)cc1.O=C(O)C(=O)O. The van der Waals surface area contributed by atoms with Crippen molar-refractivity contribution in [3.05, 3.63) is 53.6 Å². The molecule has 32 heavy (non-hydrogen) atoms. The topological polar surface area (TPSA) is 119 Å². The zero-order chi connectivity index (χ0) is 23.7. The first-order valence-electron chi connectivity index (χ1n) is 10.1. The highest BCUT2D eigenvalue weighted by molar-refractivity contribution is 6.27. The van der Waals surface area contributed by atoms with Gasteiger partial charge in [-0.05, 0) is 61.4 Å². The van der Waals surface area contributed by atoms with E-state index in [-0.39, 0.29) is 5.91 Å². The minimum Gasteiger partial charge on any atom is -0.497 e. The van der Waals surface area contributed by atoms with E-state index >= 15 is 0 Å². The fourth-order valence-corrected chi connectivity index (χ4v) is 3.18. The Morgan fingerprint density at radius 2 is 1.50 bits per heavy atom. The van der Waals surface area contributed by atoms with Crippen molar-refractivity contribution in [1.82, 2.24) is 4.90 Å². The molecule has 0 unspecified atom stereocenters. The third kappa shape index (κ3) is 7.59. The third-order valence-corrected chi connectivity index (χ3v) is 5.15. The molecule has 0 aliphatic carbocycles. The van der Waals surface area contributed by atoms with E-state index in [0.29, 0.717) is 6.54 Å². The zero-order valence-electron chi connectivity index (χ0n) is 18.5. The van der Waals surface area contributed by atoms with Crippen LogP contribution in [0.2, 0.25) is 0 Å². The second kappa shape index (κ2) is 11.7. The van der Waals surface area contributed by atoms with Gasteiger partial charge in [0.2, 0.25) is 5.91 Å². The van der Waals surface area contributed by atoms with Crippen LogP contribution in [0.4, 0.5) is 11.4 Å². The van der Waals surface area contributed by atoms with Gasteiger partial charge in [-0.25, -0.2) is 9.59 Å². The van der Waals surface area contributed by atoms with Crippen LogP contribution in [0.15, 0.2) is 42.5 Å². The molecule has 1 amide bonds. The number of amides is 1. The van der Waals surface area contributed by atoms with Gasteiger partial charge in [0.1, 0.15) is 5.75 Å². The summed E-state index contributed by atoms with van der Waals surface area (Å²) in [7, 11) is 1.68. The van der Waals surface area contributed by atoms with Crippen molar-refractivity contribution in [1.29, 1.82) is 0 Å². The van der Waals surface area contributed by atoms with Gasteiger partial charge in [-0.2, -0.15) is 0 Å². The molecule has 1 fully saturated rings. The number of aliphatic carboxylic acids is 2. The van der Waals surface area contributed by atoms with Gasteiger partial charge in [0.15, 0.2) is 0 Å². The molecule has 0 radical (unpaired) electrons. The molecule has 0 bridgehead atoms. The smallest absolute Gasteiger partial charge is 0.414 e. The summed E-state index contributed by atoms with van der Waals surface area (Å²) in [6.07, 6.45) is 0. The summed E-state index contributed by atoms with van der Waals surface area (Å²) in [6.45, 7) is 8.17. The van der Waals surface area contributed by atoms with Crippen LogP contribution in [0.25, 0.3) is 0 Å². The largest absolute Gasteiger partial charge is 0.497 e. The highest BCUT2D eigenvalue weighted by Gasteiger charge is 2.19. The van der Waals surface area contributed by atoms with Crippen molar-refractivity contribution >= 4 is 29.2 Å². The summed E-state index contributed by atoms with van der Waals surface area (Å²) in [5, 5.41) is 17.8. The summed E-state index contributed by atoms with van der Waals surface area (Å²) in [5.74, 6) is -2.73. The normalized spacial score (nSPS) is 13.5. The third-order valence-electron chi connectivity index (χ3n) is 5.15. The molecule has 2 aromatic carbocycles. The number of piperazine rings is 1. The molecule has 2 aromatic rings. The van der Waals surface area contributed by atoms with E-state index in [4.69, 9.17) is 24.5 Å². The lowest BCUT2D eigenvalue weighted by Crippen LogP contribution is -2.48. The van der Waals surface area contributed by atoms with Crippen LogP contribution in [0.3, 0.4) is 0 Å². The highest BCUT2D eigenvalue weighted by Crippen LogP contribution is 2.20. The van der Waals surface area contributed by atoms with Crippen LogP contribution in [0.5, 0.6) is 5.75 Å². The Morgan fingerprint density at radius 1 is 0.906 bits per heavy atom. The number of hydrogen-bond donors (Lipinski definition) is 3. The fraction of sp³-hybridized carbons (Fsp3) is 0.348. The van der Waals surface area contributed by atoms with Crippen molar-refractivity contribution in [3.8, 4) is 5.75 Å². The molecule has 172 valence electrons. The minimum atomic E-state index is -1.82. The van der Waals surface area contributed by atoms with Gasteiger partial charge in [-0.15, -0.1) is 0 Å². The Morgan fingerprint density at radius 3 is 2.00 bits per heavy atom. The van der Waals surface area contributed by atoms with E-state index in [1.54, 1.807) is 7.11 Å². The minimum absolute atomic E-state index is 0.0474. The highest BCUT2D eigenvalue weighted by atomic mass is 16.5. The number of anilines is 2. The summed E-state index contributed by atoms with van der Waals surface area (Å²) >= 11 is 0. The van der Waals surface area contributed by atoms with Crippen LogP contribution in [0, 0.1) is 13.8 Å². The second-order valence-electron chi connectivity index (χ2n) is 7.42. The van der Waals surface area contributed by atoms with Gasteiger partial charge >= 0.3 is 11.9 Å². The first kappa shape index (κ1) is 24.7. The average molecular weight is 444 g/mol. The maximum atomic E-state index is 12.3. The van der Waals surface area contributed by atoms with E-state index in [1.165, 1.54) is 16.8 Å². The van der Waals surface area contributed by atoms with Gasteiger partial charge in [0, 0.05) is 37.6 Å². The maximum Gasteiger partial charge on any atom is 0.414 e. The standard InChI is InChI=1S/C21H27N3O2.C2H2O4/c1-16-4-5-18(14-17(16)2)22-21(25)15-23-10-12-24(13-11-23)19-6-8-20(26-3)9-7-19;3-1(4)2(5)6/h4-9,14H,10-13,15H2,1-3H3,(H,22,25);(H,3,4)(H,5,6). The number of carbonyl (C=O) groups is 3. The summed E-state index contributed by atoms with van der Waals surface area (Å²) < 4.78 is 5.21. The Kier molecular flexibility index (Phi) is 9.03. The predicted octanol–water partition coefficient (Wildman–Crippen LogP) is 2.23. The molecule has 1 heterocycles. The Hall–Kier alpha value is -3.59. The lowest BCUT2D eigenvalue weighted by atomic mass is 10.1. The predicted molar refractivity (Wildman–Crippen MR) is 121 cm³/mol. The number of rotatable bonds is 5. The molecule has 0 atom stereocenters. The number of nitrogens with one attached hydrogen (secondary N) is 1. The van der Waals surface area contributed by atoms with Gasteiger partial charge in [0.25, 0.3) is 0 Å². The molecular weight excluding hydrogens is 414 g/mol. The number of hydrogen-bond acceptors (Lipinski definition) is 6. The van der Waals surface area contributed by atoms with Crippen LogP contribution in [0.1, 0.15) is 11.1 Å². The molecule has 1 aliphatic heterocycles. The van der Waals surface area contributed by atoms with Crippen molar-refractivity contribution in [2.24, 2.45) is 0 Å². The van der Waals surface area contributed by atoms with E-state index in [2.05, 4.69) is 41.1 Å². The zero-order valence-corrected chi connectivity index (χ0v) is 18.5. The molecule has 1 aliphatic rings. The van der Waals surface area contributed by atoms with E-state index < -0.39 is 11.9 Å². The Bertz CT molecular complexity index is 925. The number of carboxylic acid groups (broad SMARTS) is 2. The molecule has 3 rings (SSSR count). The molecule has 1 saturated heterocycles. The average Bonchev–Trinajstić information content (AvgIpc) is 2.77. The molecule has 0 spiro atoms. The number of carboxylic acids is 2. The van der Waals surface area contributed by atoms with Gasteiger partial charge in [-0.3, -0.25) is 9.69 Å². The number of nitrogens with zero attached hydrogens (tertiary/aromatic N) is 2. The number of methoxy groups -OCH3 is 1. The van der Waals surface area contributed by atoms with Crippen LogP contribution in [-0.4, -0.2) is 72.8 Å². The second-order valence-corrected chi connectivity index (χ2v) is 7.42. The van der Waals surface area contributed by atoms with Gasteiger partial charge < -0.3 is 25.2 Å². The molecule has 0 aromatic heterocycles. The van der Waals surface area contributed by atoms with E-state index in [1.807, 2.05) is 30.3 Å². The Labute approximate surface area is 187 Å². The molecule has 9 nitrogen and oxygen atoms in total. The molecular formula is C23H29N3O6. The summed E-state index contributed by atoms with van der Waals surface area (Å²) in [5.41, 5.74) is 4.49. The fourth-order valence-electron chi connectivity index (χ4n) is 3.18. The Balaban J connectivity index is 0.000000534. The van der Waals surface area contributed by atoms with Gasteiger partial charge in [0.05, 0.1) is 13.7 Å². The number of carbonyl (C=O) groups excluding carboxylic acids is 1. The first-order valence-corrected chi connectivity index (χ1v) is 10.1. The summed E-state index contributed by atoms with van der Waals surface area (Å²) in [6, 6.07) is 14.2. The number of aryl methyl sites for hydroxylation is 2. The molecule has 9 heteroatoms. The maximum absolute atomic E-state index is 12.3. The monoisotopic (exact) mass is 443 g/mol. The van der Waals surface area contributed by atoms with Gasteiger partial charge in [-0.1, -0.05) is 6.07 Å². The quantitative estimate of drug-likeness (QED) is 0.602. The summed E-state index contributed by atoms with van der Waals surface area (Å²) in [4.78, 5) is 35.1. The molecule has 3 N–H and O–H groups in total. The van der Waals surface area contributed by atoms with Crippen LogP contribution >= 0.6 is 0 Å². The first-order chi connectivity index (χ1) is 15.2. The molecule has 0 saturated carbocycles. The van der Waals surface area contributed by atoms with E-state index in [9.17, 15) is 4.79 Å². The van der Waals surface area contributed by atoms with Crippen molar-refractivity contribution in [2.45, 2.75) is 13.8 Å². The van der Waals surface area contributed by atoms with Crippen LogP contribution < -0.4 is 15.0 Å². The van der Waals surface area contributed by atoms with Crippen molar-refractivity contribution in [2.75, 3.05) is 50.1 Å². The lowest BCUT2D eigenvalue weighted by molar-refractivity contribution is -0.159. The van der Waals surface area contributed by atoms with Crippen molar-refractivity contribution < 1.29 is 29.3 Å². The number of ether oxygens (including phenoxy) is 1. The van der Waals surface area contributed by atoms with Crippen molar-refractivity contribution in [3.63, 3.8) is 0 Å².